The van der Waals surface area contributed by atoms with Crippen molar-refractivity contribution in [2.24, 2.45) is 14.1 Å². The van der Waals surface area contributed by atoms with Crippen LogP contribution in [0, 0.1) is 0 Å². The van der Waals surface area contributed by atoms with Crippen molar-refractivity contribution in [2.75, 3.05) is 0 Å². The third-order valence-electron chi connectivity index (χ3n) is 2.06. The second kappa shape index (κ2) is 3.64. The van der Waals surface area contributed by atoms with Crippen LogP contribution in [0.15, 0.2) is 18.6 Å². The van der Waals surface area contributed by atoms with E-state index in [1.807, 2.05) is 0 Å². The van der Waals surface area contributed by atoms with Gasteiger partial charge in [-0.25, -0.2) is 4.98 Å². The third kappa shape index (κ3) is 1.93. The summed E-state index contributed by atoms with van der Waals surface area (Å²) in [5.74, 6) is 0.392. The second-order valence-corrected chi connectivity index (χ2v) is 3.29. The van der Waals surface area contributed by atoms with Crippen LogP contribution in [0.25, 0.3) is 0 Å². The zero-order valence-corrected chi connectivity index (χ0v) is 8.58. The van der Waals surface area contributed by atoms with Gasteiger partial charge in [-0.05, 0) is 0 Å². The Hall–Kier alpha value is -1.98. The zero-order chi connectivity index (χ0) is 10.8. The highest BCUT2D eigenvalue weighted by Gasteiger charge is 2.13. The molecule has 0 N–H and O–H groups in total. The van der Waals surface area contributed by atoms with E-state index in [2.05, 4.69) is 15.2 Å². The Bertz CT molecular complexity index is 484. The monoisotopic (exact) mass is 205 g/mol. The number of hydrogen-bond donors (Lipinski definition) is 0. The molecule has 15 heavy (non-hydrogen) atoms. The first-order chi connectivity index (χ1) is 7.16. The van der Waals surface area contributed by atoms with Crippen molar-refractivity contribution in [1.29, 1.82) is 0 Å². The van der Waals surface area contributed by atoms with E-state index in [1.165, 1.54) is 4.80 Å². The van der Waals surface area contributed by atoms with Crippen LogP contribution in [0.2, 0.25) is 0 Å². The highest BCUT2D eigenvalue weighted by Crippen LogP contribution is 2.01. The normalized spacial score (nSPS) is 10.5. The summed E-state index contributed by atoms with van der Waals surface area (Å²) in [6.07, 6.45) is 5.16. The van der Waals surface area contributed by atoms with Gasteiger partial charge in [-0.2, -0.15) is 15.0 Å². The first-order valence-electron chi connectivity index (χ1n) is 4.52. The fourth-order valence-electron chi connectivity index (χ4n) is 1.35. The highest BCUT2D eigenvalue weighted by molar-refractivity contribution is 5.94. The van der Waals surface area contributed by atoms with E-state index in [1.54, 1.807) is 37.3 Å². The molecule has 6 heteroatoms. The molecule has 2 aromatic heterocycles. The first kappa shape index (κ1) is 9.57. The Kier molecular flexibility index (Phi) is 2.32. The largest absolute Gasteiger partial charge is 0.332 e. The molecule has 2 rings (SSSR count). The van der Waals surface area contributed by atoms with Crippen LogP contribution in [0.1, 0.15) is 16.3 Å². The minimum Gasteiger partial charge on any atom is -0.332 e. The van der Waals surface area contributed by atoms with Crippen molar-refractivity contribution in [3.63, 3.8) is 0 Å². The lowest BCUT2D eigenvalue weighted by Crippen LogP contribution is -2.10. The molecule has 6 nitrogen and oxygen atoms in total. The van der Waals surface area contributed by atoms with E-state index in [9.17, 15) is 4.79 Å². The average molecular weight is 205 g/mol. The Morgan fingerprint density at radius 3 is 2.80 bits per heavy atom. The molecule has 0 fully saturated rings. The lowest BCUT2D eigenvalue weighted by atomic mass is 10.2. The van der Waals surface area contributed by atoms with E-state index in [4.69, 9.17) is 0 Å². The molecule has 2 aromatic rings. The van der Waals surface area contributed by atoms with E-state index in [0.717, 1.165) is 0 Å². The molecular formula is C9H11N5O. The quantitative estimate of drug-likeness (QED) is 0.660. The molecule has 0 unspecified atom stereocenters. The number of Topliss-reactive ketones (excluding diaryl/α,β-unsaturated/α-hetero) is 1. The van der Waals surface area contributed by atoms with Gasteiger partial charge in [0.1, 0.15) is 0 Å². The van der Waals surface area contributed by atoms with Gasteiger partial charge in [0.15, 0.2) is 5.82 Å². The van der Waals surface area contributed by atoms with Gasteiger partial charge in [-0.15, -0.1) is 0 Å². The fraction of sp³-hybridized carbons (Fsp3) is 0.333. The fourth-order valence-corrected chi connectivity index (χ4v) is 1.35. The molecule has 0 aliphatic carbocycles. The molecule has 0 saturated heterocycles. The molecule has 0 saturated carbocycles. The van der Waals surface area contributed by atoms with Crippen LogP contribution in [0.4, 0.5) is 0 Å². The predicted molar refractivity (Wildman–Crippen MR) is 52.2 cm³/mol. The van der Waals surface area contributed by atoms with Gasteiger partial charge >= 0.3 is 0 Å². The number of nitrogens with zero attached hydrogens (tertiary/aromatic N) is 5. The molecule has 2 heterocycles. The summed E-state index contributed by atoms with van der Waals surface area (Å²) in [4.78, 5) is 17.2. The van der Waals surface area contributed by atoms with Gasteiger partial charge < -0.3 is 4.57 Å². The molecule has 0 radical (unpaired) electrons. The molecular weight excluding hydrogens is 194 g/mol. The van der Waals surface area contributed by atoms with Gasteiger partial charge in [0, 0.05) is 26.5 Å². The van der Waals surface area contributed by atoms with E-state index in [-0.39, 0.29) is 12.2 Å². The summed E-state index contributed by atoms with van der Waals surface area (Å²) in [5.41, 5.74) is 0.658. The van der Waals surface area contributed by atoms with Crippen molar-refractivity contribution in [1.82, 2.24) is 24.5 Å². The Labute approximate surface area is 86.5 Å². The summed E-state index contributed by atoms with van der Waals surface area (Å²) in [7, 11) is 3.51. The zero-order valence-electron chi connectivity index (χ0n) is 8.58. The highest BCUT2D eigenvalue weighted by atomic mass is 16.1. The summed E-state index contributed by atoms with van der Waals surface area (Å²) in [6.45, 7) is 0. The lowest BCUT2D eigenvalue weighted by molar-refractivity contribution is 0.0979. The molecule has 0 atom stereocenters. The van der Waals surface area contributed by atoms with Crippen LogP contribution < -0.4 is 0 Å². The number of aromatic nitrogens is 5. The predicted octanol–water partition coefficient (Wildman–Crippen LogP) is -0.0260. The van der Waals surface area contributed by atoms with Crippen LogP contribution >= 0.6 is 0 Å². The minimum absolute atomic E-state index is 0.0528. The van der Waals surface area contributed by atoms with Gasteiger partial charge in [-0.1, -0.05) is 0 Å². The maximum absolute atomic E-state index is 11.7. The topological polar surface area (TPSA) is 65.6 Å². The van der Waals surface area contributed by atoms with Crippen LogP contribution in [-0.2, 0) is 20.5 Å². The summed E-state index contributed by atoms with van der Waals surface area (Å²) in [6, 6.07) is 0. The maximum atomic E-state index is 11.7. The van der Waals surface area contributed by atoms with E-state index in [0.29, 0.717) is 11.5 Å². The molecule has 0 aromatic carbocycles. The molecule has 0 aliphatic rings. The molecule has 78 valence electrons. The molecule has 0 bridgehead atoms. The Morgan fingerprint density at radius 1 is 1.47 bits per heavy atom. The number of hydrogen-bond acceptors (Lipinski definition) is 4. The number of rotatable bonds is 3. The van der Waals surface area contributed by atoms with Crippen molar-refractivity contribution < 1.29 is 4.79 Å². The number of imidazole rings is 1. The summed E-state index contributed by atoms with van der Waals surface area (Å²) >= 11 is 0. The number of carbonyl (C=O) groups excluding carboxylic acids is 1. The molecule has 0 aliphatic heterocycles. The third-order valence-corrected chi connectivity index (χ3v) is 2.06. The molecule has 0 amide bonds. The smallest absolute Gasteiger partial charge is 0.204 e. The van der Waals surface area contributed by atoms with Crippen molar-refractivity contribution in [3.05, 3.63) is 30.1 Å². The van der Waals surface area contributed by atoms with Crippen LogP contribution in [0.3, 0.4) is 0 Å². The SMILES string of the molecule is Cn1ncc(CC(=O)c2nccn2C)n1. The average Bonchev–Trinajstić information content (AvgIpc) is 2.75. The van der Waals surface area contributed by atoms with E-state index < -0.39 is 0 Å². The molecule has 0 spiro atoms. The Morgan fingerprint density at radius 2 is 2.27 bits per heavy atom. The van der Waals surface area contributed by atoms with Gasteiger partial charge in [0.2, 0.25) is 5.78 Å². The van der Waals surface area contributed by atoms with Gasteiger partial charge in [-0.3, -0.25) is 4.79 Å². The minimum atomic E-state index is -0.0528. The summed E-state index contributed by atoms with van der Waals surface area (Å²) < 4.78 is 1.69. The van der Waals surface area contributed by atoms with E-state index >= 15 is 0 Å². The standard InChI is InChI=1S/C9H11N5O/c1-13-4-3-10-9(13)8(15)5-7-6-11-14(2)12-7/h3-4,6H,5H2,1-2H3. The van der Waals surface area contributed by atoms with Crippen molar-refractivity contribution in [3.8, 4) is 0 Å². The Balaban J connectivity index is 2.14. The number of carbonyl (C=O) groups is 1. The van der Waals surface area contributed by atoms with Crippen LogP contribution in [-0.4, -0.2) is 30.3 Å². The van der Waals surface area contributed by atoms with Crippen molar-refractivity contribution in [2.45, 2.75) is 6.42 Å². The van der Waals surface area contributed by atoms with Crippen LogP contribution in [0.5, 0.6) is 0 Å². The van der Waals surface area contributed by atoms with Gasteiger partial charge in [0.25, 0.3) is 0 Å². The van der Waals surface area contributed by atoms with Gasteiger partial charge in [0.05, 0.1) is 18.3 Å². The van der Waals surface area contributed by atoms with Crippen molar-refractivity contribution >= 4 is 5.78 Å². The first-order valence-corrected chi connectivity index (χ1v) is 4.52. The number of aryl methyl sites for hydroxylation is 2. The maximum Gasteiger partial charge on any atom is 0.204 e. The number of ketones is 1. The second-order valence-electron chi connectivity index (χ2n) is 3.29. The summed E-state index contributed by atoms with van der Waals surface area (Å²) in [5, 5.41) is 7.94. The lowest BCUT2D eigenvalue weighted by Gasteiger charge is -1.97.